The molecular formula is C39H43ClF3N7O5S. The number of halogens is 4. The standard InChI is InChI=1S/C39H42F3N7O5S.ClH/c1-22-8-6-9-23(2)33(22)29-14-32(47-36(46-29)48-55(52,53)28-11-7-10-25(12-28)35(50)51)54-21-26(18-38-15-24(16-38)17-38)43-19-27-20-44-30-13-31(49(5)34(30)45-27)37(3,4)39(40,41)42;/h6-14,20,24,26,43H,15-19,21H2,1-5H3,(H,50,51)(H,46,47,48);1H/t24?,26-,38?;/m1./s1. The van der Waals surface area contributed by atoms with E-state index in [0.717, 1.165) is 68.2 Å². The molecule has 8 rings (SSSR count). The molecule has 3 saturated carbocycles. The number of hydrogen-bond donors (Lipinski definition) is 3. The van der Waals surface area contributed by atoms with Gasteiger partial charge < -0.3 is 19.7 Å². The summed E-state index contributed by atoms with van der Waals surface area (Å²) in [6.07, 6.45) is 1.31. The van der Waals surface area contributed by atoms with Gasteiger partial charge in [0, 0.05) is 37.0 Å². The third-order valence-corrected chi connectivity index (χ3v) is 12.4. The lowest BCUT2D eigenvalue weighted by Crippen LogP contribution is -2.55. The predicted molar refractivity (Wildman–Crippen MR) is 207 cm³/mol. The fourth-order valence-electron chi connectivity index (χ4n) is 7.86. The number of carboxylic acids is 1. The molecule has 2 bridgehead atoms. The van der Waals surface area contributed by atoms with Gasteiger partial charge in [0.1, 0.15) is 17.5 Å². The van der Waals surface area contributed by atoms with E-state index in [0.29, 0.717) is 22.6 Å². The number of rotatable bonds is 14. The normalized spacial score (nSPS) is 18.4. The number of nitrogens with one attached hydrogen (secondary N) is 2. The Hall–Kier alpha value is -4.80. The van der Waals surface area contributed by atoms with Gasteiger partial charge in [-0.2, -0.15) is 18.2 Å². The van der Waals surface area contributed by atoms with Gasteiger partial charge in [0.05, 0.1) is 28.0 Å². The van der Waals surface area contributed by atoms with Crippen LogP contribution in [0.25, 0.3) is 22.4 Å². The molecular weight excluding hydrogens is 771 g/mol. The van der Waals surface area contributed by atoms with Crippen LogP contribution < -0.4 is 14.8 Å². The zero-order valence-electron chi connectivity index (χ0n) is 31.4. The van der Waals surface area contributed by atoms with Gasteiger partial charge in [-0.3, -0.25) is 4.98 Å². The molecule has 0 spiro atoms. The second kappa shape index (κ2) is 14.9. The number of benzene rings is 2. The van der Waals surface area contributed by atoms with E-state index in [-0.39, 0.29) is 65.0 Å². The molecule has 3 aromatic heterocycles. The van der Waals surface area contributed by atoms with Crippen molar-refractivity contribution in [1.29, 1.82) is 0 Å². The van der Waals surface area contributed by atoms with Crippen molar-refractivity contribution in [1.82, 2.24) is 29.8 Å². The molecule has 0 saturated heterocycles. The van der Waals surface area contributed by atoms with E-state index < -0.39 is 27.6 Å². The topological polar surface area (TPSA) is 161 Å². The summed E-state index contributed by atoms with van der Waals surface area (Å²) >= 11 is 0. The van der Waals surface area contributed by atoms with E-state index in [1.807, 2.05) is 32.0 Å². The van der Waals surface area contributed by atoms with Crippen molar-refractivity contribution in [3.63, 3.8) is 0 Å². The van der Waals surface area contributed by atoms with Gasteiger partial charge in [-0.15, -0.1) is 12.4 Å². The molecule has 0 radical (unpaired) electrons. The van der Waals surface area contributed by atoms with Crippen molar-refractivity contribution in [2.45, 2.75) is 82.5 Å². The van der Waals surface area contributed by atoms with E-state index in [1.165, 1.54) is 28.8 Å². The van der Waals surface area contributed by atoms with Crippen LogP contribution >= 0.6 is 12.4 Å². The Morgan fingerprint density at radius 2 is 1.71 bits per heavy atom. The van der Waals surface area contributed by atoms with Crippen LogP contribution in [0.3, 0.4) is 0 Å². The van der Waals surface area contributed by atoms with Gasteiger partial charge in [-0.05, 0) is 100 Å². The Labute approximate surface area is 328 Å². The first kappa shape index (κ1) is 40.9. The molecule has 17 heteroatoms. The number of anilines is 1. The van der Waals surface area contributed by atoms with Crippen molar-refractivity contribution < 1.29 is 36.2 Å². The number of carbonyl (C=O) groups is 1. The molecule has 56 heavy (non-hydrogen) atoms. The zero-order chi connectivity index (χ0) is 39.5. The Morgan fingerprint density at radius 3 is 2.34 bits per heavy atom. The molecule has 298 valence electrons. The first-order chi connectivity index (χ1) is 25.8. The highest BCUT2D eigenvalue weighted by atomic mass is 35.5. The van der Waals surface area contributed by atoms with Crippen LogP contribution in [-0.4, -0.2) is 62.8 Å². The second-order valence-electron chi connectivity index (χ2n) is 15.5. The fraction of sp³-hybridized carbons (Fsp3) is 0.410. The lowest BCUT2D eigenvalue weighted by Gasteiger charge is -2.63. The van der Waals surface area contributed by atoms with E-state index >= 15 is 0 Å². The first-order valence-electron chi connectivity index (χ1n) is 17.9. The lowest BCUT2D eigenvalue weighted by atomic mass is 9.43. The smallest absolute Gasteiger partial charge is 0.399 e. The van der Waals surface area contributed by atoms with Gasteiger partial charge in [-0.25, -0.2) is 27.9 Å². The molecule has 0 unspecified atom stereocenters. The van der Waals surface area contributed by atoms with Gasteiger partial charge in [-0.1, -0.05) is 24.3 Å². The minimum absolute atomic E-state index is 0. The third kappa shape index (κ3) is 7.91. The maximum Gasteiger partial charge on any atom is 0.399 e. The summed E-state index contributed by atoms with van der Waals surface area (Å²) in [5.41, 5.74) is 2.27. The Balaban J connectivity index is 0.00000532. The molecule has 3 aliphatic carbocycles. The fourth-order valence-corrected chi connectivity index (χ4v) is 8.85. The SMILES string of the molecule is Cc1cccc(C)c1-c1cc(OC[C@@H](CC23CC(C2)C3)NCc2cnc3cc(C(C)(C)C(F)(F)F)n(C)c3n2)nc(NS(=O)(=O)c2cccc(C(=O)O)c2)n1.Cl. The number of aryl methyl sites for hydroxylation is 3. The lowest BCUT2D eigenvalue weighted by molar-refractivity contribution is -0.181. The largest absolute Gasteiger partial charge is 0.478 e. The number of nitrogens with zero attached hydrogens (tertiary/aromatic N) is 5. The van der Waals surface area contributed by atoms with Crippen LogP contribution in [0.4, 0.5) is 19.1 Å². The summed E-state index contributed by atoms with van der Waals surface area (Å²) in [6, 6.07) is 13.6. The van der Waals surface area contributed by atoms with E-state index in [2.05, 4.69) is 30.0 Å². The monoisotopic (exact) mass is 813 g/mol. The van der Waals surface area contributed by atoms with Crippen LogP contribution in [0, 0.1) is 25.2 Å². The minimum atomic E-state index is -4.46. The number of fused-ring (bicyclic) bond motifs is 1. The molecule has 1 atom stereocenters. The zero-order valence-corrected chi connectivity index (χ0v) is 33.1. The summed E-state index contributed by atoms with van der Waals surface area (Å²) < 4.78 is 78.8. The summed E-state index contributed by atoms with van der Waals surface area (Å²) in [5, 5.41) is 13.0. The van der Waals surface area contributed by atoms with Crippen LogP contribution in [0.1, 0.15) is 72.4 Å². The van der Waals surface area contributed by atoms with Crippen LogP contribution in [0.15, 0.2) is 65.7 Å². The van der Waals surface area contributed by atoms with Gasteiger partial charge in [0.25, 0.3) is 10.0 Å². The summed E-state index contributed by atoms with van der Waals surface area (Å²) in [5.74, 6) is -0.650. The van der Waals surface area contributed by atoms with E-state index in [4.69, 9.17) is 4.74 Å². The van der Waals surface area contributed by atoms with Crippen molar-refractivity contribution in [2.24, 2.45) is 18.4 Å². The quantitative estimate of drug-likeness (QED) is 0.102. The van der Waals surface area contributed by atoms with Crippen molar-refractivity contribution in [2.75, 3.05) is 11.3 Å². The highest BCUT2D eigenvalue weighted by Gasteiger charge is 2.56. The summed E-state index contributed by atoms with van der Waals surface area (Å²) in [7, 11) is -2.74. The highest BCUT2D eigenvalue weighted by Crippen LogP contribution is 2.66. The molecule has 3 fully saturated rings. The van der Waals surface area contributed by atoms with Crippen molar-refractivity contribution >= 4 is 45.5 Å². The van der Waals surface area contributed by atoms with Crippen LogP contribution in [0.2, 0.25) is 0 Å². The Morgan fingerprint density at radius 1 is 1.04 bits per heavy atom. The highest BCUT2D eigenvalue weighted by molar-refractivity contribution is 7.92. The molecule has 2 aromatic carbocycles. The molecule has 12 nitrogen and oxygen atoms in total. The average Bonchev–Trinajstić information content (AvgIpc) is 3.41. The number of hydrogen-bond acceptors (Lipinski definition) is 9. The maximum atomic E-state index is 13.9. The molecule has 3 heterocycles. The third-order valence-electron chi connectivity index (χ3n) is 11.0. The molecule has 0 amide bonds. The predicted octanol–water partition coefficient (Wildman–Crippen LogP) is 7.53. The molecule has 3 N–H and O–H groups in total. The second-order valence-corrected chi connectivity index (χ2v) is 17.2. The molecule has 0 aliphatic heterocycles. The van der Waals surface area contributed by atoms with Gasteiger partial charge in [0.15, 0.2) is 5.65 Å². The first-order valence-corrected chi connectivity index (χ1v) is 19.4. The van der Waals surface area contributed by atoms with E-state index in [9.17, 15) is 31.5 Å². The van der Waals surface area contributed by atoms with Crippen LogP contribution in [0.5, 0.6) is 5.88 Å². The number of alkyl halides is 3. The number of carboxylic acid groups (broad SMARTS) is 1. The molecule has 5 aromatic rings. The van der Waals surface area contributed by atoms with Gasteiger partial charge >= 0.3 is 12.1 Å². The summed E-state index contributed by atoms with van der Waals surface area (Å²) in [4.78, 5) is 29.4. The van der Waals surface area contributed by atoms with Gasteiger partial charge in [0.2, 0.25) is 11.8 Å². The number of aromatic carboxylic acids is 1. The Bertz CT molecular complexity index is 2380. The average molecular weight is 814 g/mol. The number of aromatic nitrogens is 5. The minimum Gasteiger partial charge on any atom is -0.478 e. The molecule has 3 aliphatic rings. The van der Waals surface area contributed by atoms with E-state index in [1.54, 1.807) is 19.3 Å². The Kier molecular flexibility index (Phi) is 10.9. The number of ether oxygens (including phenoxy) is 1. The summed E-state index contributed by atoms with van der Waals surface area (Å²) in [6.45, 7) is 6.55. The maximum absolute atomic E-state index is 13.9. The van der Waals surface area contributed by atoms with Crippen molar-refractivity contribution in [3.8, 4) is 17.1 Å². The van der Waals surface area contributed by atoms with Crippen LogP contribution in [-0.2, 0) is 29.0 Å². The van der Waals surface area contributed by atoms with Crippen molar-refractivity contribution in [3.05, 3.63) is 88.9 Å². The number of sulfonamides is 1.